The van der Waals surface area contributed by atoms with E-state index in [0.29, 0.717) is 12.2 Å². The van der Waals surface area contributed by atoms with Gasteiger partial charge in [-0.15, -0.1) is 0 Å². The molecule has 0 aliphatic carbocycles. The number of ether oxygens (including phenoxy) is 1. The molecule has 108 valence electrons. The first kappa shape index (κ1) is 14.7. The van der Waals surface area contributed by atoms with Gasteiger partial charge in [0, 0.05) is 6.42 Å². The van der Waals surface area contributed by atoms with Gasteiger partial charge in [0.2, 0.25) is 11.6 Å². The second kappa shape index (κ2) is 6.65. The van der Waals surface area contributed by atoms with Crippen LogP contribution in [-0.2, 0) is 20.7 Å². The third-order valence-corrected chi connectivity index (χ3v) is 2.89. The highest BCUT2D eigenvalue weighted by atomic mass is 16.5. The van der Waals surface area contributed by atoms with Crippen molar-refractivity contribution in [3.8, 4) is 0 Å². The lowest BCUT2D eigenvalue weighted by Gasteiger charge is -1.98. The second-order valence-electron chi connectivity index (χ2n) is 4.44. The molecular formula is C16H14O5. The minimum atomic E-state index is -1.03. The summed E-state index contributed by atoms with van der Waals surface area (Å²) in [7, 11) is 1.09. The molecule has 0 bridgehead atoms. The average molecular weight is 286 g/mol. The van der Waals surface area contributed by atoms with E-state index in [0.717, 1.165) is 12.7 Å². The molecule has 1 aromatic heterocycles. The molecule has 2 aromatic rings. The van der Waals surface area contributed by atoms with Crippen LogP contribution in [0.25, 0.3) is 0 Å². The number of ketones is 2. The Hall–Kier alpha value is -2.69. The zero-order valence-electron chi connectivity index (χ0n) is 11.5. The maximum absolute atomic E-state index is 11.8. The summed E-state index contributed by atoms with van der Waals surface area (Å²) in [5, 5.41) is 0. The monoisotopic (exact) mass is 286 g/mol. The summed E-state index contributed by atoms with van der Waals surface area (Å²) in [6.45, 7) is 0. The molecule has 0 saturated heterocycles. The maximum atomic E-state index is 11.8. The summed E-state index contributed by atoms with van der Waals surface area (Å²) in [6, 6.07) is 12.8. The quantitative estimate of drug-likeness (QED) is 0.352. The van der Waals surface area contributed by atoms with Crippen molar-refractivity contribution < 1.29 is 23.5 Å². The van der Waals surface area contributed by atoms with Gasteiger partial charge in [0.1, 0.15) is 5.76 Å². The van der Waals surface area contributed by atoms with Crippen LogP contribution in [0.4, 0.5) is 0 Å². The van der Waals surface area contributed by atoms with Gasteiger partial charge in [0.15, 0.2) is 5.76 Å². The van der Waals surface area contributed by atoms with Crippen molar-refractivity contribution in [3.63, 3.8) is 0 Å². The molecule has 0 aliphatic rings. The van der Waals surface area contributed by atoms with Gasteiger partial charge in [-0.05, 0) is 17.7 Å². The number of benzene rings is 1. The van der Waals surface area contributed by atoms with E-state index in [1.54, 1.807) is 6.07 Å². The number of methoxy groups -OCH3 is 1. The summed E-state index contributed by atoms with van der Waals surface area (Å²) >= 11 is 0. The zero-order valence-corrected chi connectivity index (χ0v) is 11.5. The van der Waals surface area contributed by atoms with Crippen LogP contribution in [0.1, 0.15) is 28.3 Å². The minimum absolute atomic E-state index is 0.0678. The Labute approximate surface area is 121 Å². The summed E-state index contributed by atoms with van der Waals surface area (Å²) in [6.07, 6.45) is 0.00400. The molecule has 0 spiro atoms. The van der Waals surface area contributed by atoms with Crippen LogP contribution in [0.2, 0.25) is 0 Å². The van der Waals surface area contributed by atoms with Crippen molar-refractivity contribution in [3.05, 3.63) is 59.5 Å². The van der Waals surface area contributed by atoms with Gasteiger partial charge in [-0.3, -0.25) is 9.59 Å². The van der Waals surface area contributed by atoms with Crippen molar-refractivity contribution in [1.82, 2.24) is 0 Å². The highest BCUT2D eigenvalue weighted by Crippen LogP contribution is 2.14. The fraction of sp³-hybridized carbons (Fsp3) is 0.188. The Morgan fingerprint density at radius 1 is 1.05 bits per heavy atom. The lowest BCUT2D eigenvalue weighted by Crippen LogP contribution is -2.19. The topological polar surface area (TPSA) is 73.6 Å². The maximum Gasteiger partial charge on any atom is 0.374 e. The van der Waals surface area contributed by atoms with Gasteiger partial charge in [0.25, 0.3) is 0 Å². The van der Waals surface area contributed by atoms with Gasteiger partial charge in [0.05, 0.1) is 13.5 Å². The Kier molecular flexibility index (Phi) is 4.66. The van der Waals surface area contributed by atoms with E-state index in [2.05, 4.69) is 4.74 Å². The minimum Gasteiger partial charge on any atom is -0.463 e. The van der Waals surface area contributed by atoms with E-state index in [1.807, 2.05) is 30.3 Å². The van der Waals surface area contributed by atoms with Gasteiger partial charge in [-0.2, -0.15) is 0 Å². The number of hydrogen-bond donors (Lipinski definition) is 0. The SMILES string of the molecule is COC(=O)C(=O)CC(=O)c1ccc(Cc2ccccc2)o1. The molecule has 0 N–H and O–H groups in total. The van der Waals surface area contributed by atoms with Crippen LogP contribution in [0.5, 0.6) is 0 Å². The number of carbonyl (C=O) groups excluding carboxylic acids is 3. The molecule has 21 heavy (non-hydrogen) atoms. The lowest BCUT2D eigenvalue weighted by molar-refractivity contribution is -0.151. The molecule has 0 atom stereocenters. The summed E-state index contributed by atoms with van der Waals surface area (Å²) in [5.41, 5.74) is 1.05. The third kappa shape index (κ3) is 3.89. The van der Waals surface area contributed by atoms with Crippen molar-refractivity contribution in [2.24, 2.45) is 0 Å². The number of furan rings is 1. The van der Waals surface area contributed by atoms with E-state index in [1.165, 1.54) is 6.07 Å². The largest absolute Gasteiger partial charge is 0.463 e. The molecule has 0 unspecified atom stereocenters. The predicted octanol–water partition coefficient (Wildman–Crippen LogP) is 2.19. The standard InChI is InChI=1S/C16H14O5/c1-20-16(19)14(18)10-13(17)15-8-7-12(21-15)9-11-5-3-2-4-6-11/h2-8H,9-10H2,1H3. The highest BCUT2D eigenvalue weighted by Gasteiger charge is 2.21. The first-order valence-corrected chi connectivity index (χ1v) is 6.37. The Morgan fingerprint density at radius 2 is 1.76 bits per heavy atom. The highest BCUT2D eigenvalue weighted by molar-refractivity contribution is 6.37. The molecule has 5 heteroatoms. The van der Waals surface area contributed by atoms with E-state index >= 15 is 0 Å². The van der Waals surface area contributed by atoms with Crippen LogP contribution in [0, 0.1) is 0 Å². The Balaban J connectivity index is 2.01. The van der Waals surface area contributed by atoms with Crippen LogP contribution >= 0.6 is 0 Å². The van der Waals surface area contributed by atoms with E-state index in [9.17, 15) is 14.4 Å². The first-order valence-electron chi connectivity index (χ1n) is 6.37. The zero-order chi connectivity index (χ0) is 15.2. The Bertz CT molecular complexity index is 654. The molecule has 5 nitrogen and oxygen atoms in total. The summed E-state index contributed by atoms with van der Waals surface area (Å²) in [4.78, 5) is 34.1. The Morgan fingerprint density at radius 3 is 2.43 bits per heavy atom. The molecule has 0 aliphatic heterocycles. The van der Waals surface area contributed by atoms with Gasteiger partial charge in [-0.25, -0.2) is 4.79 Å². The van der Waals surface area contributed by atoms with Crippen LogP contribution in [0.15, 0.2) is 46.9 Å². The molecular weight excluding hydrogens is 272 g/mol. The molecule has 0 radical (unpaired) electrons. The van der Waals surface area contributed by atoms with Crippen molar-refractivity contribution in [1.29, 1.82) is 0 Å². The molecule has 0 saturated carbocycles. The van der Waals surface area contributed by atoms with Crippen molar-refractivity contribution >= 4 is 17.5 Å². The molecule has 0 amide bonds. The lowest BCUT2D eigenvalue weighted by atomic mass is 10.1. The first-order chi connectivity index (χ1) is 10.1. The number of carbonyl (C=O) groups is 3. The van der Waals surface area contributed by atoms with E-state index < -0.39 is 24.0 Å². The fourth-order valence-corrected chi connectivity index (χ4v) is 1.84. The molecule has 1 aromatic carbocycles. The third-order valence-electron chi connectivity index (χ3n) is 2.89. The van der Waals surface area contributed by atoms with Gasteiger partial charge < -0.3 is 9.15 Å². The average Bonchev–Trinajstić information content (AvgIpc) is 2.96. The van der Waals surface area contributed by atoms with Crippen LogP contribution < -0.4 is 0 Å². The second-order valence-corrected chi connectivity index (χ2v) is 4.44. The van der Waals surface area contributed by atoms with E-state index in [4.69, 9.17) is 4.42 Å². The van der Waals surface area contributed by atoms with Crippen LogP contribution in [-0.4, -0.2) is 24.6 Å². The van der Waals surface area contributed by atoms with Gasteiger partial charge in [-0.1, -0.05) is 30.3 Å². The number of hydrogen-bond acceptors (Lipinski definition) is 5. The number of rotatable bonds is 6. The summed E-state index contributed by atoms with van der Waals surface area (Å²) < 4.78 is 9.67. The van der Waals surface area contributed by atoms with Crippen molar-refractivity contribution in [2.75, 3.05) is 7.11 Å². The fourth-order valence-electron chi connectivity index (χ4n) is 1.84. The number of esters is 1. The predicted molar refractivity (Wildman–Crippen MR) is 73.9 cm³/mol. The van der Waals surface area contributed by atoms with Crippen LogP contribution in [0.3, 0.4) is 0 Å². The summed E-state index contributed by atoms with van der Waals surface area (Å²) in [5.74, 6) is -1.76. The smallest absolute Gasteiger partial charge is 0.374 e. The van der Waals surface area contributed by atoms with E-state index in [-0.39, 0.29) is 5.76 Å². The van der Waals surface area contributed by atoms with Crippen molar-refractivity contribution in [2.45, 2.75) is 12.8 Å². The molecule has 2 rings (SSSR count). The normalized spacial score (nSPS) is 10.1. The molecule has 0 fully saturated rings. The number of Topliss-reactive ketones (excluding diaryl/α,β-unsaturated/α-hetero) is 2. The van der Waals surface area contributed by atoms with Gasteiger partial charge >= 0.3 is 5.97 Å². The molecule has 1 heterocycles.